The van der Waals surface area contributed by atoms with Gasteiger partial charge in [0.1, 0.15) is 10.0 Å². The van der Waals surface area contributed by atoms with Crippen molar-refractivity contribution in [2.75, 3.05) is 0 Å². The number of aliphatic hydroxyl groups excluding tert-OH is 1. The van der Waals surface area contributed by atoms with Crippen molar-refractivity contribution < 1.29 is 5.11 Å². The number of aliphatic hydroxyl groups is 1. The molecule has 2 unspecified atom stereocenters. The SMILES string of the molecule is Cc1nnc(C(C(C)C)C(C)O)s1. The third-order valence-electron chi connectivity index (χ3n) is 2.06. The molecule has 13 heavy (non-hydrogen) atoms. The Morgan fingerprint density at radius 2 is 1.85 bits per heavy atom. The predicted octanol–water partition coefficient (Wildman–Crippen LogP) is 1.97. The number of nitrogens with zero attached hydrogens (tertiary/aromatic N) is 2. The summed E-state index contributed by atoms with van der Waals surface area (Å²) in [5.41, 5.74) is 0. The Hall–Kier alpha value is -0.480. The van der Waals surface area contributed by atoms with Crippen molar-refractivity contribution in [3.05, 3.63) is 10.0 Å². The molecule has 0 radical (unpaired) electrons. The Morgan fingerprint density at radius 1 is 1.23 bits per heavy atom. The topological polar surface area (TPSA) is 46.0 Å². The Balaban J connectivity index is 2.88. The van der Waals surface area contributed by atoms with Gasteiger partial charge in [-0.15, -0.1) is 21.5 Å². The molecule has 1 heterocycles. The van der Waals surface area contributed by atoms with Crippen molar-refractivity contribution in [1.29, 1.82) is 0 Å². The van der Waals surface area contributed by atoms with Gasteiger partial charge in [-0.25, -0.2) is 0 Å². The minimum absolute atomic E-state index is 0.117. The fourth-order valence-corrected chi connectivity index (χ4v) is 2.57. The molecule has 1 N–H and O–H groups in total. The first-order chi connectivity index (χ1) is 6.02. The summed E-state index contributed by atoms with van der Waals surface area (Å²) in [6, 6.07) is 0. The molecule has 0 bridgehead atoms. The van der Waals surface area contributed by atoms with Gasteiger partial charge in [0.2, 0.25) is 0 Å². The van der Waals surface area contributed by atoms with Crippen molar-refractivity contribution in [3.8, 4) is 0 Å². The highest BCUT2D eigenvalue weighted by atomic mass is 32.1. The first-order valence-corrected chi connectivity index (χ1v) is 5.32. The summed E-state index contributed by atoms with van der Waals surface area (Å²) in [6.07, 6.45) is -0.354. The van der Waals surface area contributed by atoms with Gasteiger partial charge in [-0.3, -0.25) is 0 Å². The Labute approximate surface area is 82.8 Å². The molecule has 0 fully saturated rings. The lowest BCUT2D eigenvalue weighted by Gasteiger charge is -2.20. The molecule has 0 spiro atoms. The van der Waals surface area contributed by atoms with E-state index in [0.717, 1.165) is 10.0 Å². The average Bonchev–Trinajstić information content (AvgIpc) is 2.34. The van der Waals surface area contributed by atoms with Crippen LogP contribution in [-0.4, -0.2) is 21.4 Å². The summed E-state index contributed by atoms with van der Waals surface area (Å²) in [5, 5.41) is 19.5. The second-order valence-corrected chi connectivity index (χ2v) is 4.88. The zero-order valence-corrected chi connectivity index (χ0v) is 9.30. The molecule has 3 nitrogen and oxygen atoms in total. The van der Waals surface area contributed by atoms with E-state index in [1.807, 2.05) is 6.92 Å². The van der Waals surface area contributed by atoms with Gasteiger partial charge in [-0.1, -0.05) is 13.8 Å². The molecule has 0 aliphatic rings. The standard InChI is InChI=1S/C9H16N2OS/c1-5(2)8(6(3)12)9-11-10-7(4)13-9/h5-6,8,12H,1-4H3. The van der Waals surface area contributed by atoms with Crippen LogP contribution >= 0.6 is 11.3 Å². The highest BCUT2D eigenvalue weighted by molar-refractivity contribution is 7.11. The number of hydrogen-bond acceptors (Lipinski definition) is 4. The zero-order valence-electron chi connectivity index (χ0n) is 8.48. The summed E-state index contributed by atoms with van der Waals surface area (Å²) >= 11 is 1.57. The minimum Gasteiger partial charge on any atom is -0.393 e. The van der Waals surface area contributed by atoms with Gasteiger partial charge in [0.05, 0.1) is 6.10 Å². The first kappa shape index (κ1) is 10.6. The largest absolute Gasteiger partial charge is 0.393 e. The van der Waals surface area contributed by atoms with Crippen LogP contribution in [0.5, 0.6) is 0 Å². The monoisotopic (exact) mass is 200 g/mol. The van der Waals surface area contributed by atoms with E-state index in [9.17, 15) is 5.11 Å². The van der Waals surface area contributed by atoms with E-state index in [0.29, 0.717) is 5.92 Å². The molecule has 0 saturated heterocycles. The maximum Gasteiger partial charge on any atom is 0.123 e. The van der Waals surface area contributed by atoms with Gasteiger partial charge in [0.25, 0.3) is 0 Å². The van der Waals surface area contributed by atoms with Gasteiger partial charge in [-0.05, 0) is 19.8 Å². The van der Waals surface area contributed by atoms with E-state index in [4.69, 9.17) is 0 Å². The van der Waals surface area contributed by atoms with Gasteiger partial charge in [-0.2, -0.15) is 0 Å². The second-order valence-electron chi connectivity index (χ2n) is 3.67. The quantitative estimate of drug-likeness (QED) is 0.811. The number of rotatable bonds is 3. The molecule has 1 aromatic rings. The summed E-state index contributed by atoms with van der Waals surface area (Å²) in [6.45, 7) is 7.92. The van der Waals surface area contributed by atoms with E-state index >= 15 is 0 Å². The van der Waals surface area contributed by atoms with Crippen LogP contribution in [0.25, 0.3) is 0 Å². The lowest BCUT2D eigenvalue weighted by atomic mass is 9.92. The van der Waals surface area contributed by atoms with Crippen LogP contribution in [-0.2, 0) is 0 Å². The molecule has 2 atom stereocenters. The van der Waals surface area contributed by atoms with E-state index in [1.165, 1.54) is 0 Å². The molecule has 0 saturated carbocycles. The predicted molar refractivity (Wildman–Crippen MR) is 53.9 cm³/mol. The summed E-state index contributed by atoms with van der Waals surface area (Å²) in [5.74, 6) is 0.513. The van der Waals surface area contributed by atoms with E-state index < -0.39 is 0 Å². The van der Waals surface area contributed by atoms with Crippen molar-refractivity contribution in [3.63, 3.8) is 0 Å². The smallest absolute Gasteiger partial charge is 0.123 e. The fraction of sp³-hybridized carbons (Fsp3) is 0.778. The summed E-state index contributed by atoms with van der Waals surface area (Å²) in [4.78, 5) is 0. The van der Waals surface area contributed by atoms with E-state index in [1.54, 1.807) is 18.3 Å². The van der Waals surface area contributed by atoms with Crippen molar-refractivity contribution in [2.24, 2.45) is 5.92 Å². The van der Waals surface area contributed by atoms with Crippen LogP contribution in [0.2, 0.25) is 0 Å². The number of aromatic nitrogens is 2. The van der Waals surface area contributed by atoms with E-state index in [-0.39, 0.29) is 12.0 Å². The van der Waals surface area contributed by atoms with Crippen LogP contribution in [0.15, 0.2) is 0 Å². The van der Waals surface area contributed by atoms with Gasteiger partial charge in [0, 0.05) is 5.92 Å². The summed E-state index contributed by atoms with van der Waals surface area (Å²) in [7, 11) is 0. The molecular weight excluding hydrogens is 184 g/mol. The van der Waals surface area contributed by atoms with Gasteiger partial charge >= 0.3 is 0 Å². The van der Waals surface area contributed by atoms with Crippen LogP contribution in [0.3, 0.4) is 0 Å². The lowest BCUT2D eigenvalue weighted by Crippen LogP contribution is -2.19. The zero-order chi connectivity index (χ0) is 10.0. The molecule has 0 aromatic carbocycles. The van der Waals surface area contributed by atoms with Crippen LogP contribution in [0.1, 0.15) is 36.7 Å². The molecule has 74 valence electrons. The fourth-order valence-electron chi connectivity index (χ4n) is 1.50. The Kier molecular flexibility index (Phi) is 3.39. The highest BCUT2D eigenvalue weighted by Crippen LogP contribution is 2.29. The molecule has 0 aliphatic heterocycles. The van der Waals surface area contributed by atoms with Gasteiger partial charge in [0.15, 0.2) is 0 Å². The van der Waals surface area contributed by atoms with E-state index in [2.05, 4.69) is 24.0 Å². The molecule has 4 heteroatoms. The normalized spacial score (nSPS) is 16.2. The van der Waals surface area contributed by atoms with Crippen LogP contribution < -0.4 is 0 Å². The second kappa shape index (κ2) is 4.15. The summed E-state index contributed by atoms with van der Waals surface area (Å²) < 4.78 is 0. The Morgan fingerprint density at radius 3 is 2.15 bits per heavy atom. The highest BCUT2D eigenvalue weighted by Gasteiger charge is 2.24. The molecule has 1 aromatic heterocycles. The maximum absolute atomic E-state index is 9.58. The number of aryl methyl sites for hydroxylation is 1. The van der Waals surface area contributed by atoms with Crippen molar-refractivity contribution in [2.45, 2.75) is 39.7 Å². The average molecular weight is 200 g/mol. The Bertz CT molecular complexity index is 262. The van der Waals surface area contributed by atoms with Crippen LogP contribution in [0, 0.1) is 12.8 Å². The van der Waals surface area contributed by atoms with Crippen molar-refractivity contribution >= 4 is 11.3 Å². The third kappa shape index (κ3) is 2.48. The molecular formula is C9H16N2OS. The number of hydrogen-bond donors (Lipinski definition) is 1. The first-order valence-electron chi connectivity index (χ1n) is 4.50. The molecule has 1 rings (SSSR count). The third-order valence-corrected chi connectivity index (χ3v) is 3.00. The maximum atomic E-state index is 9.58. The minimum atomic E-state index is -0.354. The molecule has 0 amide bonds. The van der Waals surface area contributed by atoms with Crippen LogP contribution in [0.4, 0.5) is 0 Å². The lowest BCUT2D eigenvalue weighted by molar-refractivity contribution is 0.139. The van der Waals surface area contributed by atoms with Crippen molar-refractivity contribution in [1.82, 2.24) is 10.2 Å². The molecule has 0 aliphatic carbocycles. The van der Waals surface area contributed by atoms with Gasteiger partial charge < -0.3 is 5.11 Å².